The number of nitrogens with one attached hydrogen (secondary N) is 1. The first-order valence-electron chi connectivity index (χ1n) is 8.06. The monoisotopic (exact) mass is 323 g/mol. The van der Waals surface area contributed by atoms with Crippen LogP contribution in [-0.4, -0.2) is 22.7 Å². The molecule has 0 unspecified atom stereocenters. The molecular weight excluding hydrogens is 302 g/mol. The molecule has 0 amide bonds. The summed E-state index contributed by atoms with van der Waals surface area (Å²) < 4.78 is 5.48. The van der Waals surface area contributed by atoms with Crippen LogP contribution >= 0.6 is 0 Å². The van der Waals surface area contributed by atoms with Crippen molar-refractivity contribution in [3.63, 3.8) is 0 Å². The molecule has 4 nitrogen and oxygen atoms in total. The summed E-state index contributed by atoms with van der Waals surface area (Å²) in [6.07, 6.45) is -0.00849. The van der Waals surface area contributed by atoms with Gasteiger partial charge in [0.15, 0.2) is 0 Å². The van der Waals surface area contributed by atoms with Gasteiger partial charge in [-0.1, -0.05) is 11.6 Å². The number of fused-ring (bicyclic) bond motifs is 1. The molecule has 4 heteroatoms. The number of ether oxygens (including phenoxy) is 1. The van der Waals surface area contributed by atoms with E-state index in [9.17, 15) is 9.90 Å². The molecule has 0 bridgehead atoms. The molecule has 24 heavy (non-hydrogen) atoms. The predicted octanol–water partition coefficient (Wildman–Crippen LogP) is 4.48. The minimum absolute atomic E-state index is 0.00849. The number of carbonyl (C=O) groups is 1. The van der Waals surface area contributed by atoms with E-state index in [0.29, 0.717) is 6.61 Å². The van der Waals surface area contributed by atoms with Crippen LogP contribution in [0.15, 0.2) is 36.4 Å². The fraction of sp³-hybridized carbons (Fsp3) is 0.250. The smallest absolute Gasteiger partial charge is 0.307 e. The Morgan fingerprint density at radius 1 is 1.17 bits per heavy atom. The number of aromatic amines is 1. The molecule has 2 N–H and O–H groups in total. The molecule has 1 aromatic heterocycles. The minimum atomic E-state index is -0.831. The molecule has 0 saturated carbocycles. The van der Waals surface area contributed by atoms with E-state index in [1.165, 1.54) is 0 Å². The molecule has 0 spiro atoms. The summed E-state index contributed by atoms with van der Waals surface area (Å²) in [6.45, 7) is 6.63. The highest BCUT2D eigenvalue weighted by Crippen LogP contribution is 2.33. The van der Waals surface area contributed by atoms with E-state index in [1.54, 1.807) is 0 Å². The first kappa shape index (κ1) is 16.1. The molecule has 0 radical (unpaired) electrons. The van der Waals surface area contributed by atoms with Crippen LogP contribution in [0.3, 0.4) is 0 Å². The lowest BCUT2D eigenvalue weighted by Crippen LogP contribution is -2.01. The van der Waals surface area contributed by atoms with Crippen molar-refractivity contribution in [2.24, 2.45) is 0 Å². The summed E-state index contributed by atoms with van der Waals surface area (Å²) in [6, 6.07) is 11.9. The Kier molecular flexibility index (Phi) is 4.30. The lowest BCUT2D eigenvalue weighted by molar-refractivity contribution is -0.136. The standard InChI is InChI=1S/C20H21NO3/c1-4-24-15-7-5-14(6-8-15)20-17(11-18(22)23)16-10-12(2)9-13(3)19(16)21-20/h5-10,21H,4,11H2,1-3H3,(H,22,23). The van der Waals surface area contributed by atoms with Crippen molar-refractivity contribution in [3.05, 3.63) is 53.1 Å². The number of carboxylic acid groups (broad SMARTS) is 1. The van der Waals surface area contributed by atoms with Gasteiger partial charge in [-0.15, -0.1) is 0 Å². The molecule has 124 valence electrons. The van der Waals surface area contributed by atoms with Crippen molar-refractivity contribution in [1.82, 2.24) is 4.98 Å². The van der Waals surface area contributed by atoms with Crippen LogP contribution in [0.4, 0.5) is 0 Å². The van der Waals surface area contributed by atoms with Crippen molar-refractivity contribution in [2.75, 3.05) is 6.61 Å². The highest BCUT2D eigenvalue weighted by atomic mass is 16.5. The van der Waals surface area contributed by atoms with E-state index in [1.807, 2.05) is 45.0 Å². The third kappa shape index (κ3) is 3.00. The molecular formula is C20H21NO3. The first-order valence-corrected chi connectivity index (χ1v) is 8.06. The number of hydrogen-bond acceptors (Lipinski definition) is 2. The van der Waals surface area contributed by atoms with Crippen molar-refractivity contribution in [2.45, 2.75) is 27.2 Å². The largest absolute Gasteiger partial charge is 0.494 e. The molecule has 3 rings (SSSR count). The second-order valence-corrected chi connectivity index (χ2v) is 6.01. The van der Waals surface area contributed by atoms with Gasteiger partial charge in [0, 0.05) is 10.9 Å². The number of rotatable bonds is 5. The SMILES string of the molecule is CCOc1ccc(-c2[nH]c3c(C)cc(C)cc3c2CC(=O)O)cc1. The molecule has 0 aliphatic rings. The van der Waals surface area contributed by atoms with Crippen LogP contribution in [0, 0.1) is 13.8 Å². The van der Waals surface area contributed by atoms with Gasteiger partial charge in [0.1, 0.15) is 5.75 Å². The van der Waals surface area contributed by atoms with Gasteiger partial charge in [0.05, 0.1) is 18.7 Å². The Hall–Kier alpha value is -2.75. The zero-order chi connectivity index (χ0) is 17.3. The summed E-state index contributed by atoms with van der Waals surface area (Å²) in [5.41, 5.74) is 5.90. The average molecular weight is 323 g/mol. The van der Waals surface area contributed by atoms with E-state index in [0.717, 1.165) is 44.6 Å². The quantitative estimate of drug-likeness (QED) is 0.728. The van der Waals surface area contributed by atoms with Crippen LogP contribution in [0.25, 0.3) is 22.2 Å². The van der Waals surface area contributed by atoms with Gasteiger partial charge in [-0.25, -0.2) is 0 Å². The summed E-state index contributed by atoms with van der Waals surface area (Å²) in [5, 5.41) is 10.3. The molecule has 0 atom stereocenters. The molecule has 0 aliphatic heterocycles. The lowest BCUT2D eigenvalue weighted by Gasteiger charge is -2.06. The van der Waals surface area contributed by atoms with Gasteiger partial charge in [0.2, 0.25) is 0 Å². The molecule has 0 aliphatic carbocycles. The Morgan fingerprint density at radius 3 is 2.50 bits per heavy atom. The summed E-state index contributed by atoms with van der Waals surface area (Å²) in [7, 11) is 0. The highest BCUT2D eigenvalue weighted by molar-refractivity contribution is 5.95. The number of H-pyrrole nitrogens is 1. The highest BCUT2D eigenvalue weighted by Gasteiger charge is 2.17. The Bertz CT molecular complexity index is 891. The number of aromatic nitrogens is 1. The van der Waals surface area contributed by atoms with Crippen molar-refractivity contribution in [1.29, 1.82) is 0 Å². The molecule has 2 aromatic carbocycles. The molecule has 3 aromatic rings. The van der Waals surface area contributed by atoms with Gasteiger partial charge >= 0.3 is 5.97 Å². The van der Waals surface area contributed by atoms with E-state index in [4.69, 9.17) is 4.74 Å². The Morgan fingerprint density at radius 2 is 1.88 bits per heavy atom. The van der Waals surface area contributed by atoms with Gasteiger partial charge in [-0.3, -0.25) is 4.79 Å². The van der Waals surface area contributed by atoms with E-state index in [-0.39, 0.29) is 6.42 Å². The second kappa shape index (κ2) is 6.40. The fourth-order valence-corrected chi connectivity index (χ4v) is 3.17. The molecule has 0 saturated heterocycles. The number of carboxylic acids is 1. The minimum Gasteiger partial charge on any atom is -0.494 e. The van der Waals surface area contributed by atoms with Crippen LogP contribution < -0.4 is 4.74 Å². The third-order valence-electron chi connectivity index (χ3n) is 4.14. The lowest BCUT2D eigenvalue weighted by atomic mass is 10.0. The Labute approximate surface area is 141 Å². The summed E-state index contributed by atoms with van der Waals surface area (Å²) in [4.78, 5) is 14.8. The van der Waals surface area contributed by atoms with Gasteiger partial charge in [-0.2, -0.15) is 0 Å². The van der Waals surface area contributed by atoms with Crippen LogP contribution in [0.2, 0.25) is 0 Å². The number of benzene rings is 2. The third-order valence-corrected chi connectivity index (χ3v) is 4.14. The van der Waals surface area contributed by atoms with Crippen molar-refractivity contribution >= 4 is 16.9 Å². The van der Waals surface area contributed by atoms with E-state index in [2.05, 4.69) is 17.1 Å². The first-order chi connectivity index (χ1) is 11.5. The van der Waals surface area contributed by atoms with Gasteiger partial charge in [-0.05, 0) is 67.8 Å². The molecule has 1 heterocycles. The van der Waals surface area contributed by atoms with Crippen LogP contribution in [0.5, 0.6) is 5.75 Å². The number of aliphatic carboxylic acids is 1. The van der Waals surface area contributed by atoms with Gasteiger partial charge in [0.25, 0.3) is 0 Å². The zero-order valence-electron chi connectivity index (χ0n) is 14.1. The van der Waals surface area contributed by atoms with E-state index < -0.39 is 5.97 Å². The molecule has 0 fully saturated rings. The number of hydrogen-bond donors (Lipinski definition) is 2. The maximum atomic E-state index is 11.4. The van der Waals surface area contributed by atoms with E-state index >= 15 is 0 Å². The topological polar surface area (TPSA) is 62.3 Å². The summed E-state index contributed by atoms with van der Waals surface area (Å²) in [5.74, 6) is -0.0218. The van der Waals surface area contributed by atoms with Gasteiger partial charge < -0.3 is 14.8 Å². The maximum absolute atomic E-state index is 11.4. The number of aryl methyl sites for hydroxylation is 2. The fourth-order valence-electron chi connectivity index (χ4n) is 3.17. The van der Waals surface area contributed by atoms with Crippen LogP contribution in [0.1, 0.15) is 23.6 Å². The average Bonchev–Trinajstić information content (AvgIpc) is 2.87. The predicted molar refractivity (Wildman–Crippen MR) is 95.7 cm³/mol. The van der Waals surface area contributed by atoms with Crippen LogP contribution in [-0.2, 0) is 11.2 Å². The normalized spacial score (nSPS) is 11.0. The maximum Gasteiger partial charge on any atom is 0.307 e. The summed E-state index contributed by atoms with van der Waals surface area (Å²) >= 11 is 0. The Balaban J connectivity index is 2.18. The van der Waals surface area contributed by atoms with Crippen molar-refractivity contribution < 1.29 is 14.6 Å². The second-order valence-electron chi connectivity index (χ2n) is 6.01. The zero-order valence-corrected chi connectivity index (χ0v) is 14.1. The van der Waals surface area contributed by atoms with Crippen molar-refractivity contribution in [3.8, 4) is 17.0 Å².